The molecule has 0 aliphatic carbocycles. The van der Waals surface area contributed by atoms with Crippen LogP contribution < -0.4 is 5.32 Å². The van der Waals surface area contributed by atoms with Gasteiger partial charge in [-0.15, -0.1) is 0 Å². The molecule has 0 aromatic carbocycles. The molecule has 1 aromatic heterocycles. The van der Waals surface area contributed by atoms with E-state index in [-0.39, 0.29) is 24.0 Å². The number of hydrogen-bond donors (Lipinski definition) is 2. The summed E-state index contributed by atoms with van der Waals surface area (Å²) in [5, 5.41) is 11.6. The highest BCUT2D eigenvalue weighted by Crippen LogP contribution is 2.15. The minimum Gasteiger partial charge on any atom is -0.481 e. The van der Waals surface area contributed by atoms with Crippen LogP contribution in [-0.4, -0.2) is 28.5 Å². The number of oxazole rings is 1. The highest BCUT2D eigenvalue weighted by Gasteiger charge is 2.19. The summed E-state index contributed by atoms with van der Waals surface area (Å²) < 4.78 is 5.23. The van der Waals surface area contributed by atoms with E-state index < -0.39 is 5.97 Å². The van der Waals surface area contributed by atoms with Gasteiger partial charge in [0.1, 0.15) is 0 Å². The molecule has 6 heteroatoms. The molecule has 1 unspecified atom stereocenters. The molecule has 0 spiro atoms. The fourth-order valence-electron chi connectivity index (χ4n) is 2.21. The summed E-state index contributed by atoms with van der Waals surface area (Å²) in [7, 11) is 0. The summed E-state index contributed by atoms with van der Waals surface area (Å²) in [4.78, 5) is 26.8. The number of carboxylic acid groups (broad SMARTS) is 1. The van der Waals surface area contributed by atoms with Crippen LogP contribution in [-0.2, 0) is 4.79 Å². The lowest BCUT2D eigenvalue weighted by atomic mass is 9.94. The van der Waals surface area contributed by atoms with E-state index in [1.54, 1.807) is 13.8 Å². The second kappa shape index (κ2) is 7.07. The number of aryl methyl sites for hydroxylation is 2. The summed E-state index contributed by atoms with van der Waals surface area (Å²) in [5.41, 5.74) is 0.540. The summed E-state index contributed by atoms with van der Waals surface area (Å²) in [6.45, 7) is 7.76. The SMILES string of the molecule is Cc1nc(C)c(C(=O)NCC(CC(=O)O)CC(C)C)o1. The van der Waals surface area contributed by atoms with Crippen molar-refractivity contribution in [2.75, 3.05) is 6.54 Å². The average molecular weight is 282 g/mol. The van der Waals surface area contributed by atoms with E-state index in [9.17, 15) is 9.59 Å². The second-order valence-electron chi connectivity index (χ2n) is 5.45. The fraction of sp³-hybridized carbons (Fsp3) is 0.643. The van der Waals surface area contributed by atoms with E-state index in [4.69, 9.17) is 9.52 Å². The van der Waals surface area contributed by atoms with Crippen LogP contribution in [0.15, 0.2) is 4.42 Å². The van der Waals surface area contributed by atoms with Crippen molar-refractivity contribution >= 4 is 11.9 Å². The Morgan fingerprint density at radius 2 is 2.00 bits per heavy atom. The molecule has 0 radical (unpaired) electrons. The lowest BCUT2D eigenvalue weighted by Gasteiger charge is -2.17. The fourth-order valence-corrected chi connectivity index (χ4v) is 2.21. The standard InChI is InChI=1S/C14H22N2O4/c1-8(2)5-11(6-12(17)18)7-15-14(19)13-9(3)16-10(4)20-13/h8,11H,5-7H2,1-4H3,(H,15,19)(H,17,18). The van der Waals surface area contributed by atoms with E-state index in [0.29, 0.717) is 24.0 Å². The Morgan fingerprint density at radius 1 is 1.35 bits per heavy atom. The molecule has 20 heavy (non-hydrogen) atoms. The molecule has 1 atom stereocenters. The van der Waals surface area contributed by atoms with Crippen LogP contribution in [0, 0.1) is 25.7 Å². The van der Waals surface area contributed by atoms with Crippen molar-refractivity contribution in [2.45, 2.75) is 40.5 Å². The highest BCUT2D eigenvalue weighted by molar-refractivity contribution is 5.92. The molecule has 112 valence electrons. The molecule has 1 rings (SSSR count). The van der Waals surface area contributed by atoms with Gasteiger partial charge in [-0.2, -0.15) is 0 Å². The topological polar surface area (TPSA) is 92.4 Å². The molecule has 1 heterocycles. The van der Waals surface area contributed by atoms with Gasteiger partial charge in [0, 0.05) is 19.9 Å². The Kier molecular flexibility index (Phi) is 5.73. The van der Waals surface area contributed by atoms with Gasteiger partial charge in [-0.3, -0.25) is 9.59 Å². The monoisotopic (exact) mass is 282 g/mol. The van der Waals surface area contributed by atoms with Gasteiger partial charge in [0.25, 0.3) is 5.91 Å². The van der Waals surface area contributed by atoms with Crippen molar-refractivity contribution in [1.82, 2.24) is 10.3 Å². The molecule has 1 amide bonds. The van der Waals surface area contributed by atoms with Gasteiger partial charge in [-0.25, -0.2) is 4.98 Å². The predicted molar refractivity (Wildman–Crippen MR) is 73.5 cm³/mol. The molecule has 2 N–H and O–H groups in total. The molecule has 6 nitrogen and oxygen atoms in total. The van der Waals surface area contributed by atoms with Crippen LogP contribution in [0.1, 0.15) is 48.8 Å². The van der Waals surface area contributed by atoms with Gasteiger partial charge >= 0.3 is 5.97 Å². The van der Waals surface area contributed by atoms with Crippen molar-refractivity contribution < 1.29 is 19.1 Å². The zero-order chi connectivity index (χ0) is 15.3. The first-order valence-corrected chi connectivity index (χ1v) is 6.73. The molecular weight excluding hydrogens is 260 g/mol. The maximum atomic E-state index is 12.0. The van der Waals surface area contributed by atoms with Crippen LogP contribution in [0.5, 0.6) is 0 Å². The van der Waals surface area contributed by atoms with Crippen molar-refractivity contribution in [3.63, 3.8) is 0 Å². The van der Waals surface area contributed by atoms with Crippen molar-refractivity contribution in [1.29, 1.82) is 0 Å². The molecule has 1 aromatic rings. The number of aliphatic carboxylic acids is 1. The average Bonchev–Trinajstić information content (AvgIpc) is 2.63. The van der Waals surface area contributed by atoms with Crippen molar-refractivity contribution in [3.8, 4) is 0 Å². The Morgan fingerprint density at radius 3 is 2.45 bits per heavy atom. The van der Waals surface area contributed by atoms with Crippen LogP contribution >= 0.6 is 0 Å². The number of amides is 1. The summed E-state index contributed by atoms with van der Waals surface area (Å²) in [5.74, 6) is -0.261. The number of carbonyl (C=O) groups excluding carboxylic acids is 1. The van der Waals surface area contributed by atoms with Crippen LogP contribution in [0.3, 0.4) is 0 Å². The summed E-state index contributed by atoms with van der Waals surface area (Å²) >= 11 is 0. The second-order valence-corrected chi connectivity index (χ2v) is 5.45. The first-order valence-electron chi connectivity index (χ1n) is 6.73. The molecule has 0 aliphatic heterocycles. The van der Waals surface area contributed by atoms with Gasteiger partial charge in [0.05, 0.1) is 5.69 Å². The van der Waals surface area contributed by atoms with Crippen LogP contribution in [0.4, 0.5) is 0 Å². The number of carboxylic acids is 1. The number of nitrogens with zero attached hydrogens (tertiary/aromatic N) is 1. The van der Waals surface area contributed by atoms with Crippen molar-refractivity contribution in [3.05, 3.63) is 17.3 Å². The third-order valence-corrected chi connectivity index (χ3v) is 2.93. The Hall–Kier alpha value is -1.85. The third kappa shape index (κ3) is 5.03. The van der Waals surface area contributed by atoms with E-state index in [0.717, 1.165) is 6.42 Å². The number of carbonyl (C=O) groups is 2. The van der Waals surface area contributed by atoms with Crippen molar-refractivity contribution in [2.24, 2.45) is 11.8 Å². The molecule has 0 fully saturated rings. The van der Waals surface area contributed by atoms with Gasteiger partial charge < -0.3 is 14.8 Å². The smallest absolute Gasteiger partial charge is 0.303 e. The first-order chi connectivity index (χ1) is 9.29. The van der Waals surface area contributed by atoms with Crippen LogP contribution in [0.2, 0.25) is 0 Å². The lowest BCUT2D eigenvalue weighted by molar-refractivity contribution is -0.138. The van der Waals surface area contributed by atoms with E-state index in [1.807, 2.05) is 13.8 Å². The third-order valence-electron chi connectivity index (χ3n) is 2.93. The summed E-state index contributed by atoms with van der Waals surface area (Å²) in [6, 6.07) is 0. The van der Waals surface area contributed by atoms with Gasteiger partial charge in [-0.05, 0) is 25.2 Å². The van der Waals surface area contributed by atoms with Gasteiger partial charge in [0.2, 0.25) is 5.76 Å². The minimum atomic E-state index is -0.850. The van der Waals surface area contributed by atoms with E-state index >= 15 is 0 Å². The molecule has 0 saturated heterocycles. The number of nitrogens with one attached hydrogen (secondary N) is 1. The molecule has 0 saturated carbocycles. The normalized spacial score (nSPS) is 12.4. The Bertz CT molecular complexity index is 480. The minimum absolute atomic E-state index is 0.0485. The van der Waals surface area contributed by atoms with E-state index in [1.165, 1.54) is 0 Å². The zero-order valence-corrected chi connectivity index (χ0v) is 12.4. The highest BCUT2D eigenvalue weighted by atomic mass is 16.4. The first kappa shape index (κ1) is 16.2. The van der Waals surface area contributed by atoms with Crippen LogP contribution in [0.25, 0.3) is 0 Å². The van der Waals surface area contributed by atoms with Gasteiger partial charge in [0.15, 0.2) is 5.89 Å². The molecule has 0 bridgehead atoms. The number of hydrogen-bond acceptors (Lipinski definition) is 4. The Balaban J connectivity index is 2.60. The molecule has 0 aliphatic rings. The molecular formula is C14H22N2O4. The number of aromatic nitrogens is 1. The van der Waals surface area contributed by atoms with Gasteiger partial charge in [-0.1, -0.05) is 13.8 Å². The quantitative estimate of drug-likeness (QED) is 0.799. The lowest BCUT2D eigenvalue weighted by Crippen LogP contribution is -2.31. The largest absolute Gasteiger partial charge is 0.481 e. The summed E-state index contributed by atoms with van der Waals surface area (Å²) in [6.07, 6.45) is 0.799. The zero-order valence-electron chi connectivity index (χ0n) is 12.4. The maximum absolute atomic E-state index is 12.0. The Labute approximate surface area is 118 Å². The predicted octanol–water partition coefficient (Wildman–Crippen LogP) is 2.16. The number of rotatable bonds is 7. The van der Waals surface area contributed by atoms with E-state index in [2.05, 4.69) is 10.3 Å². The maximum Gasteiger partial charge on any atom is 0.303 e.